The van der Waals surface area contributed by atoms with Crippen molar-refractivity contribution in [1.82, 2.24) is 14.3 Å². The fourth-order valence-electron chi connectivity index (χ4n) is 3.30. The van der Waals surface area contributed by atoms with E-state index in [1.807, 2.05) is 23.6 Å². The number of ether oxygens (including phenoxy) is 1. The van der Waals surface area contributed by atoms with Crippen LogP contribution in [0.2, 0.25) is 10.2 Å². The van der Waals surface area contributed by atoms with Gasteiger partial charge >= 0.3 is 0 Å². The van der Waals surface area contributed by atoms with E-state index in [-0.39, 0.29) is 10.9 Å². The lowest BCUT2D eigenvalue weighted by atomic mass is 10.2. The molecule has 7 nitrogen and oxygen atoms in total. The first-order valence-electron chi connectivity index (χ1n) is 11.5. The number of halogens is 2. The first kappa shape index (κ1) is 28.2. The van der Waals surface area contributed by atoms with Crippen LogP contribution in [-0.2, 0) is 21.4 Å². The van der Waals surface area contributed by atoms with Gasteiger partial charge < -0.3 is 9.30 Å². The minimum absolute atomic E-state index is 0.0883. The first-order valence-corrected chi connectivity index (χ1v) is 13.9. The minimum atomic E-state index is -3.68. The second kappa shape index (κ2) is 13.8. The number of carbonyl (C=O) groups is 1. The summed E-state index contributed by atoms with van der Waals surface area (Å²) in [6, 6.07) is 5.53. The maximum Gasteiger partial charge on any atom is 0.257 e. The monoisotopic (exact) mass is 529 g/mol. The van der Waals surface area contributed by atoms with Gasteiger partial charge in [0.2, 0.25) is 10.0 Å². The van der Waals surface area contributed by atoms with E-state index in [4.69, 9.17) is 27.9 Å². The van der Waals surface area contributed by atoms with Gasteiger partial charge in [-0.15, -0.1) is 0 Å². The Morgan fingerprint density at radius 2 is 1.85 bits per heavy atom. The van der Waals surface area contributed by atoms with Crippen LogP contribution in [0.4, 0.5) is 0 Å². The molecule has 0 bridgehead atoms. The van der Waals surface area contributed by atoms with Crippen molar-refractivity contribution in [3.8, 4) is 5.75 Å². The van der Waals surface area contributed by atoms with Gasteiger partial charge in [0, 0.05) is 11.1 Å². The standard InChI is InChI=1S/C24H33Cl2N3O4S/c1-4-6-8-14-33-20-11-10-19(21(25)16-20)17-29-18(3)27-24(26)22(29)12-13-23(30)28-34(31,32)15-9-7-5-2/h10-13,16H,4-9,14-15,17H2,1-3H3,(H,28,30)/b13-12+. The van der Waals surface area contributed by atoms with E-state index in [2.05, 4.69) is 16.6 Å². The van der Waals surface area contributed by atoms with Gasteiger partial charge in [0.15, 0.2) is 5.15 Å². The molecular weight excluding hydrogens is 497 g/mol. The highest BCUT2D eigenvalue weighted by Gasteiger charge is 2.15. The zero-order valence-electron chi connectivity index (χ0n) is 19.9. The number of rotatable bonds is 14. The van der Waals surface area contributed by atoms with Crippen molar-refractivity contribution in [3.05, 3.63) is 51.5 Å². The number of imidazole rings is 1. The highest BCUT2D eigenvalue weighted by atomic mass is 35.5. The number of unbranched alkanes of at least 4 members (excludes halogenated alkanes) is 4. The van der Waals surface area contributed by atoms with Crippen molar-refractivity contribution in [1.29, 1.82) is 0 Å². The van der Waals surface area contributed by atoms with Crippen molar-refractivity contribution in [2.24, 2.45) is 0 Å². The number of amides is 1. The lowest BCUT2D eigenvalue weighted by molar-refractivity contribution is -0.114. The number of hydrogen-bond donors (Lipinski definition) is 1. The van der Waals surface area contributed by atoms with Crippen molar-refractivity contribution in [2.45, 2.75) is 65.8 Å². The predicted octanol–water partition coefficient (Wildman–Crippen LogP) is 5.77. The van der Waals surface area contributed by atoms with Gasteiger partial charge in [-0.05, 0) is 43.5 Å². The molecule has 34 heavy (non-hydrogen) atoms. The third kappa shape index (κ3) is 8.96. The van der Waals surface area contributed by atoms with Crippen molar-refractivity contribution >= 4 is 45.2 Å². The summed E-state index contributed by atoms with van der Waals surface area (Å²) in [6.45, 7) is 6.93. The molecule has 1 aromatic heterocycles. The molecule has 1 heterocycles. The van der Waals surface area contributed by atoms with Crippen LogP contribution in [0.5, 0.6) is 5.75 Å². The summed E-state index contributed by atoms with van der Waals surface area (Å²) in [5.74, 6) is 0.519. The summed E-state index contributed by atoms with van der Waals surface area (Å²) >= 11 is 12.8. The van der Waals surface area contributed by atoms with Crippen LogP contribution in [0.1, 0.15) is 69.5 Å². The topological polar surface area (TPSA) is 90.3 Å². The Morgan fingerprint density at radius 1 is 1.15 bits per heavy atom. The van der Waals surface area contributed by atoms with Gasteiger partial charge in [-0.2, -0.15) is 0 Å². The maximum absolute atomic E-state index is 12.2. The van der Waals surface area contributed by atoms with Gasteiger partial charge in [0.1, 0.15) is 11.6 Å². The quantitative estimate of drug-likeness (QED) is 0.248. The minimum Gasteiger partial charge on any atom is -0.494 e. The highest BCUT2D eigenvalue weighted by molar-refractivity contribution is 7.90. The largest absolute Gasteiger partial charge is 0.494 e. The molecule has 0 fully saturated rings. The summed E-state index contributed by atoms with van der Waals surface area (Å²) in [4.78, 5) is 16.5. The molecule has 0 aliphatic heterocycles. The molecule has 0 spiro atoms. The molecule has 0 radical (unpaired) electrons. The molecule has 0 saturated heterocycles. The Morgan fingerprint density at radius 3 is 2.53 bits per heavy atom. The van der Waals surface area contributed by atoms with E-state index in [0.29, 0.717) is 41.9 Å². The molecule has 0 aliphatic carbocycles. The van der Waals surface area contributed by atoms with Crippen molar-refractivity contribution in [3.63, 3.8) is 0 Å². The Labute approximate surface area is 212 Å². The summed E-state index contributed by atoms with van der Waals surface area (Å²) in [5.41, 5.74) is 1.31. The van der Waals surface area contributed by atoms with Gasteiger partial charge in [-0.1, -0.05) is 68.8 Å². The summed E-state index contributed by atoms with van der Waals surface area (Å²) in [7, 11) is -3.68. The summed E-state index contributed by atoms with van der Waals surface area (Å²) in [5, 5.41) is 0.752. The Kier molecular flexibility index (Phi) is 11.4. The normalized spacial score (nSPS) is 11.8. The smallest absolute Gasteiger partial charge is 0.257 e. The Bertz CT molecular complexity index is 1100. The predicted molar refractivity (Wildman–Crippen MR) is 138 cm³/mol. The van der Waals surface area contributed by atoms with Crippen molar-refractivity contribution in [2.75, 3.05) is 12.4 Å². The van der Waals surface area contributed by atoms with E-state index in [1.54, 1.807) is 13.0 Å². The number of benzene rings is 1. The van der Waals surface area contributed by atoms with Crippen LogP contribution in [0, 0.1) is 6.92 Å². The van der Waals surface area contributed by atoms with E-state index >= 15 is 0 Å². The molecule has 0 saturated carbocycles. The zero-order chi connectivity index (χ0) is 25.1. The molecule has 0 unspecified atom stereocenters. The SMILES string of the molecule is CCCCCOc1ccc(Cn2c(C)nc(Cl)c2/C=C/C(=O)NS(=O)(=O)CCCCC)c(Cl)c1. The highest BCUT2D eigenvalue weighted by Crippen LogP contribution is 2.26. The second-order valence-electron chi connectivity index (χ2n) is 8.06. The number of nitrogens with one attached hydrogen (secondary N) is 1. The van der Waals surface area contributed by atoms with Crippen LogP contribution in [0.15, 0.2) is 24.3 Å². The Hall–Kier alpha value is -2.03. The van der Waals surface area contributed by atoms with Crippen molar-refractivity contribution < 1.29 is 17.9 Å². The van der Waals surface area contributed by atoms with Gasteiger partial charge in [0.25, 0.3) is 5.91 Å². The van der Waals surface area contributed by atoms with Crippen LogP contribution in [0.25, 0.3) is 6.08 Å². The average Bonchev–Trinajstić information content (AvgIpc) is 3.03. The lowest BCUT2D eigenvalue weighted by Crippen LogP contribution is -2.31. The lowest BCUT2D eigenvalue weighted by Gasteiger charge is -2.12. The van der Waals surface area contributed by atoms with Crippen LogP contribution in [-0.4, -0.2) is 36.2 Å². The molecule has 2 rings (SSSR count). The van der Waals surface area contributed by atoms with E-state index < -0.39 is 15.9 Å². The molecule has 1 amide bonds. The van der Waals surface area contributed by atoms with E-state index in [9.17, 15) is 13.2 Å². The van der Waals surface area contributed by atoms with Crippen LogP contribution in [0.3, 0.4) is 0 Å². The number of aryl methyl sites for hydroxylation is 1. The van der Waals surface area contributed by atoms with Gasteiger partial charge in [-0.3, -0.25) is 4.79 Å². The third-order valence-electron chi connectivity index (χ3n) is 5.19. The van der Waals surface area contributed by atoms with Gasteiger partial charge in [0.05, 0.1) is 24.6 Å². The third-order valence-corrected chi connectivity index (χ3v) is 7.16. The molecule has 1 N–H and O–H groups in total. The van der Waals surface area contributed by atoms with Gasteiger partial charge in [-0.25, -0.2) is 18.1 Å². The molecular formula is C24H33Cl2N3O4S. The molecule has 1 aromatic carbocycles. The van der Waals surface area contributed by atoms with E-state index in [0.717, 1.165) is 43.7 Å². The van der Waals surface area contributed by atoms with Crippen LogP contribution < -0.4 is 9.46 Å². The average molecular weight is 531 g/mol. The fourth-order valence-corrected chi connectivity index (χ4v) is 4.88. The number of aromatic nitrogens is 2. The second-order valence-corrected chi connectivity index (χ2v) is 10.7. The van der Waals surface area contributed by atoms with E-state index in [1.165, 1.54) is 6.08 Å². The number of nitrogens with zero attached hydrogens (tertiary/aromatic N) is 2. The first-order chi connectivity index (χ1) is 16.2. The maximum atomic E-state index is 12.2. The number of sulfonamides is 1. The molecule has 10 heteroatoms. The van der Waals surface area contributed by atoms with Crippen LogP contribution >= 0.6 is 23.2 Å². The molecule has 188 valence electrons. The zero-order valence-corrected chi connectivity index (χ0v) is 22.3. The fraction of sp³-hybridized carbons (Fsp3) is 0.500. The summed E-state index contributed by atoms with van der Waals surface area (Å²) < 4.78 is 33.7. The number of hydrogen-bond acceptors (Lipinski definition) is 5. The molecule has 0 atom stereocenters. The number of carbonyl (C=O) groups excluding carboxylic acids is 1. The molecule has 2 aromatic rings. The Balaban J connectivity index is 2.11. The summed E-state index contributed by atoms with van der Waals surface area (Å²) in [6.07, 6.45) is 8.02. The molecule has 0 aliphatic rings.